The summed E-state index contributed by atoms with van der Waals surface area (Å²) in [6, 6.07) is 9.76. The quantitative estimate of drug-likeness (QED) is 0.764. The van der Waals surface area contributed by atoms with Crippen molar-refractivity contribution in [3.63, 3.8) is 0 Å². The Bertz CT molecular complexity index is 493. The number of benzene rings is 1. The van der Waals surface area contributed by atoms with Gasteiger partial charge in [-0.15, -0.1) is 12.4 Å². The van der Waals surface area contributed by atoms with E-state index in [1.807, 2.05) is 30.3 Å². The van der Waals surface area contributed by atoms with Gasteiger partial charge in [-0.25, -0.2) is 0 Å². The first-order valence-corrected chi connectivity index (χ1v) is 7.56. The molecule has 0 aliphatic carbocycles. The van der Waals surface area contributed by atoms with Gasteiger partial charge in [-0.05, 0) is 5.56 Å². The van der Waals surface area contributed by atoms with Gasteiger partial charge in [0, 0.05) is 38.5 Å². The molecule has 0 radical (unpaired) electrons. The van der Waals surface area contributed by atoms with Crippen molar-refractivity contribution < 1.29 is 14.3 Å². The zero-order valence-corrected chi connectivity index (χ0v) is 13.9. The number of morpholine rings is 1. The van der Waals surface area contributed by atoms with Crippen LogP contribution in [0.4, 0.5) is 0 Å². The van der Waals surface area contributed by atoms with Gasteiger partial charge in [-0.1, -0.05) is 30.3 Å². The van der Waals surface area contributed by atoms with Crippen LogP contribution in [0.1, 0.15) is 18.4 Å². The fourth-order valence-corrected chi connectivity index (χ4v) is 2.43. The molecule has 1 saturated heterocycles. The SMILES string of the molecule is Cl.NC(=O)CCN(Cc1ccccc1)C(=O)CC1COCCN1. The van der Waals surface area contributed by atoms with E-state index in [1.165, 1.54) is 0 Å². The van der Waals surface area contributed by atoms with E-state index < -0.39 is 5.91 Å². The van der Waals surface area contributed by atoms with Gasteiger partial charge in [-0.2, -0.15) is 0 Å². The molecule has 1 unspecified atom stereocenters. The lowest BCUT2D eigenvalue weighted by molar-refractivity contribution is -0.133. The first kappa shape index (κ1) is 19.4. The van der Waals surface area contributed by atoms with Crippen LogP contribution in [0, 0.1) is 0 Å². The van der Waals surface area contributed by atoms with Crippen LogP contribution >= 0.6 is 12.4 Å². The van der Waals surface area contributed by atoms with Crippen LogP contribution in [0.25, 0.3) is 0 Å². The molecule has 7 heteroatoms. The summed E-state index contributed by atoms with van der Waals surface area (Å²) in [4.78, 5) is 25.2. The Morgan fingerprint density at radius 3 is 2.65 bits per heavy atom. The van der Waals surface area contributed by atoms with Crippen LogP contribution in [-0.2, 0) is 20.9 Å². The fraction of sp³-hybridized carbons (Fsp3) is 0.500. The highest BCUT2D eigenvalue weighted by atomic mass is 35.5. The number of rotatable bonds is 7. The van der Waals surface area contributed by atoms with Crippen molar-refractivity contribution in [2.45, 2.75) is 25.4 Å². The summed E-state index contributed by atoms with van der Waals surface area (Å²) in [5.74, 6) is -0.391. The molecule has 1 aromatic carbocycles. The second-order valence-electron chi connectivity index (χ2n) is 5.45. The number of amides is 2. The molecule has 1 aliphatic rings. The highest BCUT2D eigenvalue weighted by molar-refractivity contribution is 5.85. The monoisotopic (exact) mass is 341 g/mol. The Hall–Kier alpha value is -1.63. The van der Waals surface area contributed by atoms with Gasteiger partial charge in [0.15, 0.2) is 0 Å². The lowest BCUT2D eigenvalue weighted by Crippen LogP contribution is -2.45. The molecule has 1 heterocycles. The Labute approximate surface area is 142 Å². The molecule has 3 N–H and O–H groups in total. The first-order chi connectivity index (χ1) is 10.6. The number of carbonyl (C=O) groups excluding carboxylic acids is 2. The smallest absolute Gasteiger partial charge is 0.224 e. The molecule has 1 aliphatic heterocycles. The molecule has 1 aromatic rings. The summed E-state index contributed by atoms with van der Waals surface area (Å²) in [6.07, 6.45) is 0.540. The summed E-state index contributed by atoms with van der Waals surface area (Å²) in [7, 11) is 0. The van der Waals surface area contributed by atoms with E-state index in [9.17, 15) is 9.59 Å². The predicted octanol–water partition coefficient (Wildman–Crippen LogP) is 0.691. The Kier molecular flexibility index (Phi) is 8.61. The maximum Gasteiger partial charge on any atom is 0.224 e. The van der Waals surface area contributed by atoms with Crippen molar-refractivity contribution in [2.75, 3.05) is 26.3 Å². The zero-order valence-electron chi connectivity index (χ0n) is 13.1. The standard InChI is InChI=1S/C16H23N3O3.ClH/c17-15(20)6-8-19(11-13-4-2-1-3-5-13)16(21)10-14-12-22-9-7-18-14;/h1-5,14,18H,6-12H2,(H2,17,20);1H. The van der Waals surface area contributed by atoms with E-state index in [0.717, 1.165) is 12.1 Å². The largest absolute Gasteiger partial charge is 0.378 e. The van der Waals surface area contributed by atoms with Gasteiger partial charge in [0.05, 0.1) is 13.2 Å². The highest BCUT2D eigenvalue weighted by Crippen LogP contribution is 2.09. The van der Waals surface area contributed by atoms with Gasteiger partial charge < -0.3 is 20.7 Å². The minimum Gasteiger partial charge on any atom is -0.378 e. The molecule has 1 atom stereocenters. The van der Waals surface area contributed by atoms with Crippen molar-refractivity contribution in [1.29, 1.82) is 0 Å². The molecule has 1 fully saturated rings. The molecular weight excluding hydrogens is 318 g/mol. The van der Waals surface area contributed by atoms with E-state index in [-0.39, 0.29) is 30.8 Å². The first-order valence-electron chi connectivity index (χ1n) is 7.56. The molecule has 0 bridgehead atoms. The predicted molar refractivity (Wildman–Crippen MR) is 90.1 cm³/mol. The molecule has 0 aromatic heterocycles. The summed E-state index contributed by atoms with van der Waals surface area (Å²) < 4.78 is 5.37. The topological polar surface area (TPSA) is 84.7 Å². The number of nitrogens with two attached hydrogens (primary N) is 1. The average Bonchev–Trinajstić information content (AvgIpc) is 2.53. The Balaban J connectivity index is 0.00000264. The molecule has 23 heavy (non-hydrogen) atoms. The van der Waals surface area contributed by atoms with E-state index in [2.05, 4.69) is 5.32 Å². The van der Waals surface area contributed by atoms with E-state index >= 15 is 0 Å². The number of nitrogens with zero attached hydrogens (tertiary/aromatic N) is 1. The summed E-state index contributed by atoms with van der Waals surface area (Å²) in [5.41, 5.74) is 6.24. The molecule has 6 nitrogen and oxygen atoms in total. The maximum atomic E-state index is 12.5. The number of halogens is 1. The molecule has 2 rings (SSSR count). The number of primary amides is 1. The Morgan fingerprint density at radius 2 is 2.04 bits per heavy atom. The van der Waals surface area contributed by atoms with E-state index in [0.29, 0.717) is 32.7 Å². The number of hydrogen-bond donors (Lipinski definition) is 2. The van der Waals surface area contributed by atoms with Crippen LogP contribution in [0.3, 0.4) is 0 Å². The normalized spacial score (nSPS) is 17.1. The second-order valence-corrected chi connectivity index (χ2v) is 5.45. The fourth-order valence-electron chi connectivity index (χ4n) is 2.43. The number of hydrogen-bond acceptors (Lipinski definition) is 4. The van der Waals surface area contributed by atoms with E-state index in [4.69, 9.17) is 10.5 Å². The highest BCUT2D eigenvalue weighted by Gasteiger charge is 2.21. The van der Waals surface area contributed by atoms with Crippen molar-refractivity contribution in [2.24, 2.45) is 5.73 Å². The third kappa shape index (κ3) is 6.99. The van der Waals surface area contributed by atoms with Crippen molar-refractivity contribution in [3.05, 3.63) is 35.9 Å². The molecular formula is C16H24ClN3O3. The lowest BCUT2D eigenvalue weighted by Gasteiger charge is -2.27. The molecule has 0 spiro atoms. The molecule has 0 saturated carbocycles. The number of carbonyl (C=O) groups is 2. The van der Waals surface area contributed by atoms with Crippen LogP contribution in [0.2, 0.25) is 0 Å². The van der Waals surface area contributed by atoms with Gasteiger partial charge in [0.1, 0.15) is 0 Å². The van der Waals surface area contributed by atoms with Crippen LogP contribution < -0.4 is 11.1 Å². The molecule has 2 amide bonds. The number of ether oxygens (including phenoxy) is 1. The van der Waals surface area contributed by atoms with Gasteiger partial charge in [-0.3, -0.25) is 9.59 Å². The van der Waals surface area contributed by atoms with Crippen molar-refractivity contribution >= 4 is 24.2 Å². The second kappa shape index (κ2) is 10.2. The summed E-state index contributed by atoms with van der Waals surface area (Å²) in [5, 5.41) is 3.27. The van der Waals surface area contributed by atoms with E-state index in [1.54, 1.807) is 4.90 Å². The van der Waals surface area contributed by atoms with Crippen molar-refractivity contribution in [3.8, 4) is 0 Å². The summed E-state index contributed by atoms with van der Waals surface area (Å²) >= 11 is 0. The third-order valence-electron chi connectivity index (χ3n) is 3.62. The average molecular weight is 342 g/mol. The zero-order chi connectivity index (χ0) is 15.8. The Morgan fingerprint density at radius 1 is 1.30 bits per heavy atom. The van der Waals surface area contributed by atoms with Gasteiger partial charge >= 0.3 is 0 Å². The van der Waals surface area contributed by atoms with Crippen LogP contribution in [0.5, 0.6) is 0 Å². The molecule has 128 valence electrons. The minimum atomic E-state index is -0.398. The van der Waals surface area contributed by atoms with Crippen LogP contribution in [-0.4, -0.2) is 49.1 Å². The lowest BCUT2D eigenvalue weighted by atomic mass is 10.1. The summed E-state index contributed by atoms with van der Waals surface area (Å²) in [6.45, 7) is 2.82. The minimum absolute atomic E-state index is 0. The van der Waals surface area contributed by atoms with Crippen LogP contribution in [0.15, 0.2) is 30.3 Å². The third-order valence-corrected chi connectivity index (χ3v) is 3.62. The number of nitrogens with one attached hydrogen (secondary N) is 1. The van der Waals surface area contributed by atoms with Gasteiger partial charge in [0.2, 0.25) is 11.8 Å². The van der Waals surface area contributed by atoms with Gasteiger partial charge in [0.25, 0.3) is 0 Å². The maximum absolute atomic E-state index is 12.5. The van der Waals surface area contributed by atoms with Crippen molar-refractivity contribution in [1.82, 2.24) is 10.2 Å².